The molecule has 0 saturated carbocycles. The quantitative estimate of drug-likeness (QED) is 0.471. The summed E-state index contributed by atoms with van der Waals surface area (Å²) in [6.07, 6.45) is 1.00. The third-order valence-corrected chi connectivity index (χ3v) is 4.55. The molecule has 0 atom stereocenters. The molecule has 0 bridgehead atoms. The van der Waals surface area contributed by atoms with Gasteiger partial charge in [-0.3, -0.25) is 10.1 Å². The van der Waals surface area contributed by atoms with Gasteiger partial charge in [-0.1, -0.05) is 32.0 Å². The van der Waals surface area contributed by atoms with Crippen molar-refractivity contribution in [2.45, 2.75) is 20.3 Å². The van der Waals surface area contributed by atoms with Gasteiger partial charge in [0.1, 0.15) is 5.75 Å². The van der Waals surface area contributed by atoms with Gasteiger partial charge in [0.2, 0.25) is 0 Å². The van der Waals surface area contributed by atoms with E-state index in [-0.39, 0.29) is 11.0 Å². The first-order valence-corrected chi connectivity index (χ1v) is 9.54. The Hall–Kier alpha value is -1.67. The number of hydrogen-bond donors (Lipinski definition) is 2. The number of benzene rings is 2. The Balaban J connectivity index is 1.92. The number of nitrogens with one attached hydrogen (secondary N) is 2. The third-order valence-electron chi connectivity index (χ3n) is 3.40. The van der Waals surface area contributed by atoms with Crippen molar-refractivity contribution in [2.24, 2.45) is 5.92 Å². The van der Waals surface area contributed by atoms with Crippen LogP contribution in [0.4, 0.5) is 5.69 Å². The van der Waals surface area contributed by atoms with E-state index in [2.05, 4.69) is 47.1 Å². The zero-order valence-corrected chi connectivity index (χ0v) is 17.2. The average molecular weight is 468 g/mol. The molecule has 2 aromatic carbocycles. The van der Waals surface area contributed by atoms with E-state index in [4.69, 9.17) is 17.0 Å². The van der Waals surface area contributed by atoms with Gasteiger partial charge in [-0.2, -0.15) is 0 Å². The predicted octanol–water partition coefficient (Wildman–Crippen LogP) is 4.84. The molecule has 4 nitrogen and oxygen atoms in total. The van der Waals surface area contributed by atoms with Gasteiger partial charge >= 0.3 is 0 Å². The van der Waals surface area contributed by atoms with Crippen LogP contribution in [0.5, 0.6) is 5.75 Å². The number of halogens is 1. The molecule has 0 aliphatic heterocycles. The lowest BCUT2D eigenvalue weighted by atomic mass is 10.1. The molecule has 1 amide bonds. The highest BCUT2D eigenvalue weighted by atomic mass is 127. The monoisotopic (exact) mass is 468 g/mol. The van der Waals surface area contributed by atoms with Crippen LogP contribution in [0.25, 0.3) is 0 Å². The summed E-state index contributed by atoms with van der Waals surface area (Å²) < 4.78 is 6.61. The minimum atomic E-state index is -0.230. The van der Waals surface area contributed by atoms with E-state index >= 15 is 0 Å². The van der Waals surface area contributed by atoms with Gasteiger partial charge < -0.3 is 10.1 Å². The van der Waals surface area contributed by atoms with Gasteiger partial charge in [-0.25, -0.2) is 0 Å². The van der Waals surface area contributed by atoms with Crippen LogP contribution in [0.1, 0.15) is 30.6 Å². The van der Waals surface area contributed by atoms with Gasteiger partial charge in [-0.05, 0) is 71.4 Å². The number of ether oxygens (including phenoxy) is 1. The van der Waals surface area contributed by atoms with Crippen LogP contribution in [0, 0.1) is 9.49 Å². The van der Waals surface area contributed by atoms with E-state index in [9.17, 15) is 4.79 Å². The highest BCUT2D eigenvalue weighted by molar-refractivity contribution is 14.1. The van der Waals surface area contributed by atoms with Gasteiger partial charge in [0, 0.05) is 15.3 Å². The maximum absolute atomic E-state index is 12.3. The van der Waals surface area contributed by atoms with Crippen molar-refractivity contribution in [3.8, 4) is 5.75 Å². The molecule has 0 aliphatic carbocycles. The molecule has 0 heterocycles. The second kappa shape index (κ2) is 9.72. The van der Waals surface area contributed by atoms with Crippen LogP contribution >= 0.6 is 34.8 Å². The number of carbonyl (C=O) groups is 1. The standard InChI is InChI=1S/C19H21IN2O2S/c1-13(2)10-11-24-15-7-5-6-14(12-15)21-19(25)22-18(23)16-8-3-4-9-17(16)20/h3-9,12-13H,10-11H2,1-2H3,(H2,21,22,23,25). The molecule has 2 N–H and O–H groups in total. The SMILES string of the molecule is CC(C)CCOc1cccc(NC(=S)NC(=O)c2ccccc2I)c1. The Labute approximate surface area is 167 Å². The second-order valence-corrected chi connectivity index (χ2v) is 7.52. The molecule has 6 heteroatoms. The molecule has 25 heavy (non-hydrogen) atoms. The smallest absolute Gasteiger partial charge is 0.258 e. The molecule has 2 rings (SSSR count). The van der Waals surface area contributed by atoms with Crippen LogP contribution in [0.3, 0.4) is 0 Å². The summed E-state index contributed by atoms with van der Waals surface area (Å²) in [5.74, 6) is 1.15. The first-order valence-electron chi connectivity index (χ1n) is 8.05. The van der Waals surface area contributed by atoms with Crippen molar-refractivity contribution in [1.29, 1.82) is 0 Å². The van der Waals surface area contributed by atoms with Gasteiger partial charge in [-0.15, -0.1) is 0 Å². The molecule has 132 valence electrons. The van der Waals surface area contributed by atoms with Crippen molar-refractivity contribution in [3.63, 3.8) is 0 Å². The Bertz CT molecular complexity index is 750. The zero-order valence-electron chi connectivity index (χ0n) is 14.2. The number of thiocarbonyl (C=S) groups is 1. The molecular formula is C19H21IN2O2S. The highest BCUT2D eigenvalue weighted by Gasteiger charge is 2.11. The summed E-state index contributed by atoms with van der Waals surface area (Å²) in [4.78, 5) is 12.3. The number of hydrogen-bond acceptors (Lipinski definition) is 3. The van der Waals surface area contributed by atoms with E-state index in [1.165, 1.54) is 0 Å². The highest BCUT2D eigenvalue weighted by Crippen LogP contribution is 2.18. The Morgan fingerprint density at radius 2 is 1.96 bits per heavy atom. The summed E-state index contributed by atoms with van der Waals surface area (Å²) in [5.41, 5.74) is 1.37. The van der Waals surface area contributed by atoms with Gasteiger partial charge in [0.15, 0.2) is 5.11 Å². The maximum atomic E-state index is 12.3. The summed E-state index contributed by atoms with van der Waals surface area (Å²) in [6.45, 7) is 5.00. The van der Waals surface area contributed by atoms with Crippen LogP contribution in [-0.4, -0.2) is 17.6 Å². The molecule has 0 aliphatic rings. The summed E-state index contributed by atoms with van der Waals surface area (Å²) in [5, 5.41) is 5.97. The fourth-order valence-electron chi connectivity index (χ4n) is 2.05. The van der Waals surface area contributed by atoms with Gasteiger partial charge in [0.25, 0.3) is 5.91 Å². The first-order chi connectivity index (χ1) is 12.0. The largest absolute Gasteiger partial charge is 0.494 e. The predicted molar refractivity (Wildman–Crippen MR) is 114 cm³/mol. The Kier molecular flexibility index (Phi) is 7.64. The van der Waals surface area contributed by atoms with E-state index in [0.717, 1.165) is 21.4 Å². The molecule has 0 radical (unpaired) electrons. The lowest BCUT2D eigenvalue weighted by Gasteiger charge is -2.12. The van der Waals surface area contributed by atoms with Crippen molar-refractivity contribution in [1.82, 2.24) is 5.32 Å². The molecule has 0 fully saturated rings. The molecular weight excluding hydrogens is 447 g/mol. The lowest BCUT2D eigenvalue weighted by molar-refractivity contribution is 0.0977. The molecule has 0 unspecified atom stereocenters. The van der Waals surface area contributed by atoms with Crippen molar-refractivity contribution >= 4 is 51.5 Å². The zero-order chi connectivity index (χ0) is 18.2. The Morgan fingerprint density at radius 3 is 2.68 bits per heavy atom. The second-order valence-electron chi connectivity index (χ2n) is 5.95. The van der Waals surface area contributed by atoms with Crippen LogP contribution in [-0.2, 0) is 0 Å². The summed E-state index contributed by atoms with van der Waals surface area (Å²) >= 11 is 7.36. The summed E-state index contributed by atoms with van der Waals surface area (Å²) in [7, 11) is 0. The average Bonchev–Trinajstić information content (AvgIpc) is 2.55. The summed E-state index contributed by atoms with van der Waals surface area (Å²) in [6, 6.07) is 14.9. The fraction of sp³-hybridized carbons (Fsp3) is 0.263. The molecule has 0 saturated heterocycles. The van der Waals surface area contributed by atoms with Crippen LogP contribution < -0.4 is 15.4 Å². The number of rotatable bonds is 6. The number of anilines is 1. The van der Waals surface area contributed by atoms with E-state index < -0.39 is 0 Å². The first kappa shape index (κ1) is 19.7. The minimum absolute atomic E-state index is 0.230. The fourth-order valence-corrected chi connectivity index (χ4v) is 2.90. The lowest BCUT2D eigenvalue weighted by Crippen LogP contribution is -2.34. The number of amides is 1. The molecule has 2 aromatic rings. The third kappa shape index (κ3) is 6.62. The Morgan fingerprint density at radius 1 is 1.20 bits per heavy atom. The van der Waals surface area contributed by atoms with Gasteiger partial charge in [0.05, 0.1) is 12.2 Å². The van der Waals surface area contributed by atoms with Crippen molar-refractivity contribution < 1.29 is 9.53 Å². The molecule has 0 spiro atoms. The topological polar surface area (TPSA) is 50.4 Å². The van der Waals surface area contributed by atoms with Crippen molar-refractivity contribution in [3.05, 3.63) is 57.7 Å². The van der Waals surface area contributed by atoms with Crippen LogP contribution in [0.15, 0.2) is 48.5 Å². The molecule has 0 aromatic heterocycles. The normalized spacial score (nSPS) is 10.4. The maximum Gasteiger partial charge on any atom is 0.258 e. The van der Waals surface area contributed by atoms with Crippen LogP contribution in [0.2, 0.25) is 0 Å². The number of carbonyl (C=O) groups excluding carboxylic acids is 1. The minimum Gasteiger partial charge on any atom is -0.494 e. The van der Waals surface area contributed by atoms with E-state index in [0.29, 0.717) is 18.1 Å². The van der Waals surface area contributed by atoms with E-state index in [1.54, 1.807) is 6.07 Å². The van der Waals surface area contributed by atoms with Crippen molar-refractivity contribution in [2.75, 3.05) is 11.9 Å². The van der Waals surface area contributed by atoms with E-state index in [1.807, 2.05) is 42.5 Å².